The van der Waals surface area contributed by atoms with Gasteiger partial charge in [0.25, 0.3) is 0 Å². The molecule has 1 heterocycles. The van der Waals surface area contributed by atoms with Crippen molar-refractivity contribution in [1.29, 1.82) is 0 Å². The number of ketones is 1. The molecule has 1 saturated heterocycles. The van der Waals surface area contributed by atoms with Crippen molar-refractivity contribution in [3.8, 4) is 11.5 Å². The monoisotopic (exact) mass is 425 g/mol. The van der Waals surface area contributed by atoms with Crippen LogP contribution in [0.15, 0.2) is 6.07 Å². The number of ether oxygens (including phenoxy) is 2. The van der Waals surface area contributed by atoms with Gasteiger partial charge in [-0.25, -0.2) is 0 Å². The maximum absolute atomic E-state index is 12.7. The molecule has 1 aromatic carbocycles. The van der Waals surface area contributed by atoms with Crippen molar-refractivity contribution in [1.82, 2.24) is 4.90 Å². The quantitative estimate of drug-likeness (QED) is 0.707. The highest BCUT2D eigenvalue weighted by Crippen LogP contribution is 2.74. The lowest BCUT2D eigenvalue weighted by atomic mass is 9.57. The van der Waals surface area contributed by atoms with Gasteiger partial charge in [0, 0.05) is 54.8 Å². The number of aromatic hydroxyl groups is 1. The second kappa shape index (κ2) is 6.47. The summed E-state index contributed by atoms with van der Waals surface area (Å²) < 4.78 is 10.4. The minimum absolute atomic E-state index is 0.00524. The first-order valence-electron chi connectivity index (χ1n) is 11.7. The van der Waals surface area contributed by atoms with E-state index in [1.54, 1.807) is 7.11 Å². The Kier molecular flexibility index (Phi) is 4.09. The van der Waals surface area contributed by atoms with Crippen LogP contribution in [0, 0.1) is 11.8 Å². The molecule has 2 spiro atoms. The molecule has 6 heteroatoms. The van der Waals surface area contributed by atoms with Crippen LogP contribution < -0.4 is 4.74 Å². The molecule has 1 aliphatic heterocycles. The molecule has 6 rings (SSSR count). The second-order valence-corrected chi connectivity index (χ2v) is 10.6. The average molecular weight is 426 g/mol. The first-order valence-corrected chi connectivity index (χ1v) is 11.7. The van der Waals surface area contributed by atoms with Gasteiger partial charge in [0.2, 0.25) is 0 Å². The van der Waals surface area contributed by atoms with E-state index in [0.29, 0.717) is 49.2 Å². The smallest absolute Gasteiger partial charge is 0.305 e. The van der Waals surface area contributed by atoms with Crippen molar-refractivity contribution in [2.75, 3.05) is 27.3 Å². The molecule has 1 N–H and O–H groups in total. The predicted octanol–water partition coefficient (Wildman–Crippen LogP) is 2.86. The number of methoxy groups -OCH3 is 2. The number of nitrogens with zero attached hydrogens (tertiary/aromatic N) is 1. The number of rotatable bonds is 6. The minimum Gasteiger partial charge on any atom is -0.504 e. The van der Waals surface area contributed by atoms with Crippen LogP contribution in [0.2, 0.25) is 0 Å². The van der Waals surface area contributed by atoms with Gasteiger partial charge in [0.15, 0.2) is 11.5 Å². The molecule has 166 valence electrons. The summed E-state index contributed by atoms with van der Waals surface area (Å²) in [4.78, 5) is 27.3. The first-order chi connectivity index (χ1) is 14.9. The highest BCUT2D eigenvalue weighted by Gasteiger charge is 2.76. The molecule has 4 aliphatic carbocycles. The summed E-state index contributed by atoms with van der Waals surface area (Å²) in [5.41, 5.74) is 2.98. The van der Waals surface area contributed by atoms with Gasteiger partial charge in [0.05, 0.1) is 14.2 Å². The highest BCUT2D eigenvalue weighted by atomic mass is 16.5. The SMILES string of the molecule is COC(=O)CCc1cc(OC)c(O)c2c1C13CN(CC4CC4)C1C1CCC(=O)C[C@@]21C3. The number of phenols is 1. The highest BCUT2D eigenvalue weighted by molar-refractivity contribution is 5.84. The molecule has 4 fully saturated rings. The van der Waals surface area contributed by atoms with Gasteiger partial charge >= 0.3 is 5.97 Å². The van der Waals surface area contributed by atoms with Gasteiger partial charge in [0.1, 0.15) is 5.78 Å². The molecule has 3 saturated carbocycles. The Morgan fingerprint density at radius 2 is 2.03 bits per heavy atom. The number of carbonyl (C=O) groups is 2. The molecular weight excluding hydrogens is 394 g/mol. The third-order valence-corrected chi connectivity index (χ3v) is 8.99. The molecule has 1 aromatic rings. The molecular formula is C25H31NO5. The van der Waals surface area contributed by atoms with E-state index in [4.69, 9.17) is 9.47 Å². The van der Waals surface area contributed by atoms with Crippen LogP contribution in [0.5, 0.6) is 11.5 Å². The normalized spacial score (nSPS) is 35.2. The number of benzene rings is 1. The van der Waals surface area contributed by atoms with Crippen molar-refractivity contribution >= 4 is 11.8 Å². The first kappa shape index (κ1) is 19.6. The fourth-order valence-corrected chi connectivity index (χ4v) is 7.91. The van der Waals surface area contributed by atoms with Crippen LogP contribution in [0.25, 0.3) is 0 Å². The maximum Gasteiger partial charge on any atom is 0.305 e. The number of carbonyl (C=O) groups excluding carboxylic acids is 2. The Morgan fingerprint density at radius 3 is 2.74 bits per heavy atom. The molecule has 0 radical (unpaired) electrons. The molecule has 2 bridgehead atoms. The number of aryl methyl sites for hydroxylation is 1. The topological polar surface area (TPSA) is 76.1 Å². The largest absolute Gasteiger partial charge is 0.504 e. The van der Waals surface area contributed by atoms with Crippen LogP contribution in [0.1, 0.15) is 61.6 Å². The summed E-state index contributed by atoms with van der Waals surface area (Å²) >= 11 is 0. The molecule has 4 atom stereocenters. The van der Waals surface area contributed by atoms with E-state index in [9.17, 15) is 14.7 Å². The standard InChI is InChI=1S/C25H31NO5/c1-30-18-9-15(5-8-19(28)31-2)20-21(22(18)29)24-10-16(27)6-7-17(24)23-25(20,12-24)13-26(23)11-14-3-4-14/h9,14,17,23,29H,3-8,10-13H2,1-2H3/t17?,23?,24-,25?/m0/s1. The average Bonchev–Trinajstić information content (AvgIpc) is 3.47. The molecule has 3 unspecified atom stereocenters. The lowest BCUT2D eigenvalue weighted by molar-refractivity contribution is -0.140. The lowest BCUT2D eigenvalue weighted by Gasteiger charge is -2.59. The Labute approximate surface area is 182 Å². The molecule has 0 amide bonds. The van der Waals surface area contributed by atoms with Crippen molar-refractivity contribution < 1.29 is 24.2 Å². The van der Waals surface area contributed by atoms with Crippen LogP contribution in [-0.2, 0) is 31.6 Å². The summed E-state index contributed by atoms with van der Waals surface area (Å²) in [5.74, 6) is 2.00. The van der Waals surface area contributed by atoms with Gasteiger partial charge in [-0.3, -0.25) is 14.5 Å². The zero-order valence-electron chi connectivity index (χ0n) is 18.4. The van der Waals surface area contributed by atoms with E-state index in [-0.39, 0.29) is 22.5 Å². The molecule has 0 aromatic heterocycles. The summed E-state index contributed by atoms with van der Waals surface area (Å²) in [6, 6.07) is 2.38. The number of esters is 1. The fourth-order valence-electron chi connectivity index (χ4n) is 7.91. The minimum atomic E-state index is -0.285. The predicted molar refractivity (Wildman–Crippen MR) is 113 cm³/mol. The van der Waals surface area contributed by atoms with Crippen molar-refractivity contribution in [3.63, 3.8) is 0 Å². The van der Waals surface area contributed by atoms with Crippen molar-refractivity contribution in [3.05, 3.63) is 22.8 Å². The van der Waals surface area contributed by atoms with E-state index in [1.807, 2.05) is 6.07 Å². The number of hydrogen-bond donors (Lipinski definition) is 1. The van der Waals surface area contributed by atoms with Gasteiger partial charge in [-0.05, 0) is 61.1 Å². The van der Waals surface area contributed by atoms with Gasteiger partial charge < -0.3 is 14.6 Å². The number of phenolic OH excluding ortho intramolecular Hbond substituents is 1. The fraction of sp³-hybridized carbons (Fsp3) is 0.680. The van der Waals surface area contributed by atoms with Crippen molar-refractivity contribution in [2.24, 2.45) is 11.8 Å². The van der Waals surface area contributed by atoms with Gasteiger partial charge in [-0.1, -0.05) is 0 Å². The summed E-state index contributed by atoms with van der Waals surface area (Å²) in [6.07, 6.45) is 6.59. The van der Waals surface area contributed by atoms with E-state index in [1.165, 1.54) is 32.1 Å². The molecule has 5 aliphatic rings. The van der Waals surface area contributed by atoms with E-state index < -0.39 is 0 Å². The Hall–Kier alpha value is -2.08. The maximum atomic E-state index is 12.7. The summed E-state index contributed by atoms with van der Waals surface area (Å²) in [6.45, 7) is 2.17. The van der Waals surface area contributed by atoms with E-state index in [2.05, 4.69) is 4.90 Å². The van der Waals surface area contributed by atoms with Crippen LogP contribution in [0.3, 0.4) is 0 Å². The Balaban J connectivity index is 1.50. The van der Waals surface area contributed by atoms with E-state index >= 15 is 0 Å². The summed E-state index contributed by atoms with van der Waals surface area (Å²) in [7, 11) is 2.99. The molecule has 31 heavy (non-hydrogen) atoms. The molecule has 6 nitrogen and oxygen atoms in total. The zero-order chi connectivity index (χ0) is 21.5. The van der Waals surface area contributed by atoms with Crippen LogP contribution >= 0.6 is 0 Å². The third-order valence-electron chi connectivity index (χ3n) is 8.99. The Morgan fingerprint density at radius 1 is 1.23 bits per heavy atom. The van der Waals surface area contributed by atoms with Gasteiger partial charge in [-0.2, -0.15) is 0 Å². The van der Waals surface area contributed by atoms with Crippen LogP contribution in [0.4, 0.5) is 0 Å². The number of Topliss-reactive ketones (excluding diaryl/α,β-unsaturated/α-hetero) is 1. The number of likely N-dealkylation sites (tertiary alicyclic amines) is 1. The zero-order valence-corrected chi connectivity index (χ0v) is 18.4. The second-order valence-electron chi connectivity index (χ2n) is 10.6. The third kappa shape index (κ3) is 2.48. The van der Waals surface area contributed by atoms with E-state index in [0.717, 1.165) is 36.4 Å². The number of hydrogen-bond acceptors (Lipinski definition) is 6. The number of fused-ring (bicyclic) bond motifs is 2. The van der Waals surface area contributed by atoms with Gasteiger partial charge in [-0.15, -0.1) is 0 Å². The summed E-state index contributed by atoms with van der Waals surface area (Å²) in [5, 5.41) is 11.3. The van der Waals surface area contributed by atoms with Crippen molar-refractivity contribution in [2.45, 2.75) is 68.2 Å². The lowest BCUT2D eigenvalue weighted by Crippen LogP contribution is -2.68. The van der Waals surface area contributed by atoms with Crippen LogP contribution in [-0.4, -0.2) is 55.1 Å². The Bertz CT molecular complexity index is 985.